The molecule has 242 valence electrons. The van der Waals surface area contributed by atoms with Crippen LogP contribution in [-0.2, 0) is 6.54 Å². The molecule has 0 bridgehead atoms. The topological polar surface area (TPSA) is 55.0 Å². The van der Waals surface area contributed by atoms with Crippen molar-refractivity contribution in [3.05, 3.63) is 199 Å². The first-order chi connectivity index (χ1) is 24.7. The minimum absolute atomic E-state index is 0.196. The van der Waals surface area contributed by atoms with Crippen molar-refractivity contribution in [1.82, 2.24) is 9.88 Å². The quantitative estimate of drug-likeness (QED) is 0.139. The third-order valence-electron chi connectivity index (χ3n) is 9.25. The molecular formula is C46H38N4. The van der Waals surface area contributed by atoms with Gasteiger partial charge in [-0.3, -0.25) is 0 Å². The van der Waals surface area contributed by atoms with Crippen molar-refractivity contribution < 1.29 is 0 Å². The van der Waals surface area contributed by atoms with Crippen LogP contribution in [0.3, 0.4) is 0 Å². The molecule has 1 unspecified atom stereocenters. The SMILES string of the molecule is NC(/C=C\NCc1cccc(Nc2cc3c(cc2-c2ccccc2)c2ccccc2n3-c2ccccc2)c1)c1ccc(-c2ccccc2)cc1. The molecule has 0 aliphatic rings. The van der Waals surface area contributed by atoms with Gasteiger partial charge in [0, 0.05) is 46.0 Å². The minimum atomic E-state index is -0.196. The third kappa shape index (κ3) is 6.40. The number of rotatable bonds is 10. The molecule has 1 atom stereocenters. The second-order valence-corrected chi connectivity index (χ2v) is 12.5. The molecule has 8 rings (SSSR count). The van der Waals surface area contributed by atoms with E-state index in [1.54, 1.807) is 0 Å². The van der Waals surface area contributed by atoms with Crippen molar-refractivity contribution in [1.29, 1.82) is 0 Å². The maximum Gasteiger partial charge on any atom is 0.0562 e. The Morgan fingerprint density at radius 2 is 1.22 bits per heavy atom. The van der Waals surface area contributed by atoms with E-state index in [4.69, 9.17) is 5.73 Å². The molecule has 50 heavy (non-hydrogen) atoms. The zero-order chi connectivity index (χ0) is 33.7. The van der Waals surface area contributed by atoms with Crippen molar-refractivity contribution in [2.75, 3.05) is 5.32 Å². The van der Waals surface area contributed by atoms with E-state index in [1.165, 1.54) is 38.5 Å². The van der Waals surface area contributed by atoms with Gasteiger partial charge in [0.05, 0.1) is 11.0 Å². The van der Waals surface area contributed by atoms with Crippen LogP contribution >= 0.6 is 0 Å². The predicted molar refractivity (Wildman–Crippen MR) is 211 cm³/mol. The van der Waals surface area contributed by atoms with E-state index in [9.17, 15) is 0 Å². The van der Waals surface area contributed by atoms with E-state index in [1.807, 2.05) is 18.3 Å². The molecule has 0 aliphatic carbocycles. The molecule has 4 N–H and O–H groups in total. The van der Waals surface area contributed by atoms with Crippen LogP contribution in [0.5, 0.6) is 0 Å². The maximum absolute atomic E-state index is 6.51. The molecule has 4 nitrogen and oxygen atoms in total. The molecule has 0 saturated heterocycles. The summed E-state index contributed by atoms with van der Waals surface area (Å²) < 4.78 is 2.36. The predicted octanol–water partition coefficient (Wildman–Crippen LogP) is 11.2. The van der Waals surface area contributed by atoms with E-state index in [-0.39, 0.29) is 6.04 Å². The fourth-order valence-electron chi connectivity index (χ4n) is 6.73. The van der Waals surface area contributed by atoms with Gasteiger partial charge in [0.1, 0.15) is 0 Å². The van der Waals surface area contributed by atoms with Gasteiger partial charge in [-0.2, -0.15) is 0 Å². The van der Waals surface area contributed by atoms with Crippen molar-refractivity contribution >= 4 is 33.2 Å². The van der Waals surface area contributed by atoms with Crippen LogP contribution < -0.4 is 16.4 Å². The van der Waals surface area contributed by atoms with Crippen molar-refractivity contribution in [2.45, 2.75) is 12.6 Å². The number of para-hydroxylation sites is 2. The van der Waals surface area contributed by atoms with E-state index in [2.05, 4.69) is 185 Å². The number of benzene rings is 7. The van der Waals surface area contributed by atoms with Gasteiger partial charge in [0.15, 0.2) is 0 Å². The molecule has 7 aromatic carbocycles. The number of hydrogen-bond donors (Lipinski definition) is 3. The molecule has 0 radical (unpaired) electrons. The van der Waals surface area contributed by atoms with Gasteiger partial charge in [-0.05, 0) is 82.6 Å². The van der Waals surface area contributed by atoms with Crippen LogP contribution in [0, 0.1) is 0 Å². The van der Waals surface area contributed by atoms with Gasteiger partial charge in [0.2, 0.25) is 0 Å². The van der Waals surface area contributed by atoms with Crippen molar-refractivity contribution in [2.24, 2.45) is 5.73 Å². The number of fused-ring (bicyclic) bond motifs is 3. The number of hydrogen-bond acceptors (Lipinski definition) is 3. The van der Waals surface area contributed by atoms with Crippen LogP contribution in [0.15, 0.2) is 188 Å². The summed E-state index contributed by atoms with van der Waals surface area (Å²) >= 11 is 0. The lowest BCUT2D eigenvalue weighted by Gasteiger charge is -2.16. The highest BCUT2D eigenvalue weighted by molar-refractivity contribution is 6.12. The van der Waals surface area contributed by atoms with Gasteiger partial charge in [-0.1, -0.05) is 133 Å². The van der Waals surface area contributed by atoms with Gasteiger partial charge in [-0.15, -0.1) is 0 Å². The number of nitrogens with one attached hydrogen (secondary N) is 2. The molecule has 0 saturated carbocycles. The second kappa shape index (κ2) is 14.0. The van der Waals surface area contributed by atoms with Crippen molar-refractivity contribution in [3.63, 3.8) is 0 Å². The van der Waals surface area contributed by atoms with E-state index in [0.717, 1.165) is 33.7 Å². The molecule has 0 amide bonds. The van der Waals surface area contributed by atoms with Gasteiger partial charge in [0.25, 0.3) is 0 Å². The number of nitrogens with zero attached hydrogens (tertiary/aromatic N) is 1. The monoisotopic (exact) mass is 646 g/mol. The molecule has 1 aromatic heterocycles. The second-order valence-electron chi connectivity index (χ2n) is 12.5. The lowest BCUT2D eigenvalue weighted by atomic mass is 10.00. The summed E-state index contributed by atoms with van der Waals surface area (Å²) in [4.78, 5) is 0. The Balaban J connectivity index is 1.05. The van der Waals surface area contributed by atoms with E-state index < -0.39 is 0 Å². The third-order valence-corrected chi connectivity index (χ3v) is 9.25. The van der Waals surface area contributed by atoms with Crippen LogP contribution in [0.1, 0.15) is 17.2 Å². The lowest BCUT2D eigenvalue weighted by molar-refractivity contribution is 0.839. The molecule has 4 heteroatoms. The fraction of sp³-hybridized carbons (Fsp3) is 0.0435. The van der Waals surface area contributed by atoms with Crippen LogP contribution in [0.2, 0.25) is 0 Å². The smallest absolute Gasteiger partial charge is 0.0562 e. The highest BCUT2D eigenvalue weighted by Crippen LogP contribution is 2.40. The van der Waals surface area contributed by atoms with Crippen molar-refractivity contribution in [3.8, 4) is 27.9 Å². The zero-order valence-corrected chi connectivity index (χ0v) is 27.7. The standard InChI is InChI=1S/C46H38N4/c47-43(37-25-23-35(24-26-37)34-14-4-1-5-15-34)27-28-48-32-33-13-12-18-38(29-33)49-44-31-46-42(30-41(44)36-16-6-2-7-17-36)40-21-10-11-22-45(40)50(46)39-19-8-3-9-20-39/h1-31,43,48-49H,32,47H2/b28-27-. The highest BCUT2D eigenvalue weighted by Gasteiger charge is 2.16. The maximum atomic E-state index is 6.51. The molecule has 0 fully saturated rings. The molecule has 0 aliphatic heterocycles. The number of nitrogens with two attached hydrogens (primary N) is 1. The van der Waals surface area contributed by atoms with Gasteiger partial charge in [-0.25, -0.2) is 0 Å². The van der Waals surface area contributed by atoms with E-state index >= 15 is 0 Å². The first-order valence-electron chi connectivity index (χ1n) is 17.1. The van der Waals surface area contributed by atoms with E-state index in [0.29, 0.717) is 6.54 Å². The Morgan fingerprint density at radius 1 is 0.560 bits per heavy atom. The molecule has 1 heterocycles. The fourth-order valence-corrected chi connectivity index (χ4v) is 6.73. The molecule has 8 aromatic rings. The summed E-state index contributed by atoms with van der Waals surface area (Å²) in [6, 6.07) is 61.8. The van der Waals surface area contributed by atoms with Crippen LogP contribution in [0.4, 0.5) is 11.4 Å². The summed E-state index contributed by atoms with van der Waals surface area (Å²) in [6.07, 6.45) is 3.96. The normalized spacial score (nSPS) is 12.0. The Bertz CT molecular complexity index is 2390. The highest BCUT2D eigenvalue weighted by atomic mass is 15.0. The first-order valence-corrected chi connectivity index (χ1v) is 17.1. The number of anilines is 2. The average Bonchev–Trinajstić information content (AvgIpc) is 3.50. The lowest BCUT2D eigenvalue weighted by Crippen LogP contribution is -2.10. The van der Waals surface area contributed by atoms with Crippen LogP contribution in [0.25, 0.3) is 49.7 Å². The zero-order valence-electron chi connectivity index (χ0n) is 27.7. The largest absolute Gasteiger partial charge is 0.387 e. The molecule has 0 spiro atoms. The summed E-state index contributed by atoms with van der Waals surface area (Å²) in [5.74, 6) is 0. The van der Waals surface area contributed by atoms with Gasteiger partial charge < -0.3 is 20.9 Å². The first kappa shape index (κ1) is 30.9. The Morgan fingerprint density at radius 3 is 1.98 bits per heavy atom. The van der Waals surface area contributed by atoms with Crippen LogP contribution in [-0.4, -0.2) is 4.57 Å². The summed E-state index contributed by atoms with van der Waals surface area (Å²) in [5, 5.41) is 9.70. The summed E-state index contributed by atoms with van der Waals surface area (Å²) in [7, 11) is 0. The molecular weight excluding hydrogens is 609 g/mol. The van der Waals surface area contributed by atoms with Gasteiger partial charge >= 0.3 is 0 Å². The Labute approximate surface area is 293 Å². The number of aromatic nitrogens is 1. The summed E-state index contributed by atoms with van der Waals surface area (Å²) in [6.45, 7) is 0.679. The Hall–Kier alpha value is -6.36. The average molecular weight is 647 g/mol. The Kier molecular flexibility index (Phi) is 8.67. The summed E-state index contributed by atoms with van der Waals surface area (Å²) in [5.41, 5.74) is 19.0. The minimum Gasteiger partial charge on any atom is -0.387 e.